The molecule has 0 spiro atoms. The van der Waals surface area contributed by atoms with Gasteiger partial charge in [0.1, 0.15) is 0 Å². The second kappa shape index (κ2) is 7.79. The maximum absolute atomic E-state index is 13.2. The minimum atomic E-state index is -0.433. The first-order chi connectivity index (χ1) is 13.6. The van der Waals surface area contributed by atoms with Crippen LogP contribution in [0.5, 0.6) is 0 Å². The first-order valence-electron chi connectivity index (χ1n) is 9.14. The zero-order chi connectivity index (χ0) is 19.7. The van der Waals surface area contributed by atoms with Crippen molar-refractivity contribution in [1.29, 1.82) is 0 Å². The molecule has 2 heterocycles. The number of esters is 1. The van der Waals surface area contributed by atoms with E-state index in [1.54, 1.807) is 18.0 Å². The number of fused-ring (bicyclic) bond motifs is 3. The first kappa shape index (κ1) is 18.7. The number of para-hydroxylation sites is 1. The van der Waals surface area contributed by atoms with Gasteiger partial charge in [-0.2, -0.15) is 0 Å². The summed E-state index contributed by atoms with van der Waals surface area (Å²) in [5.41, 5.74) is 3.74. The molecule has 1 aromatic heterocycles. The van der Waals surface area contributed by atoms with E-state index in [1.165, 1.54) is 0 Å². The predicted octanol–water partition coefficient (Wildman–Crippen LogP) is 4.38. The fourth-order valence-corrected chi connectivity index (χ4v) is 4.14. The molecule has 0 saturated heterocycles. The van der Waals surface area contributed by atoms with Crippen molar-refractivity contribution in [3.63, 3.8) is 0 Å². The van der Waals surface area contributed by atoms with Crippen LogP contribution in [-0.2, 0) is 16.0 Å². The summed E-state index contributed by atoms with van der Waals surface area (Å²) in [4.78, 5) is 30.8. The molecule has 1 aliphatic rings. The molecule has 5 nitrogen and oxygen atoms in total. The Morgan fingerprint density at radius 2 is 1.89 bits per heavy atom. The molecule has 1 aliphatic heterocycles. The van der Waals surface area contributed by atoms with Crippen LogP contribution in [0.25, 0.3) is 16.5 Å². The number of nitrogens with zero attached hydrogens (tertiary/aromatic N) is 1. The molecule has 3 aromatic rings. The van der Waals surface area contributed by atoms with E-state index in [2.05, 4.69) is 27.6 Å². The number of nitrogens with one attached hydrogen (secondary N) is 1. The fraction of sp³-hybridized carbons (Fsp3) is 0.182. The van der Waals surface area contributed by atoms with Crippen molar-refractivity contribution in [2.24, 2.45) is 0 Å². The zero-order valence-corrected chi connectivity index (χ0v) is 17.5. The summed E-state index contributed by atoms with van der Waals surface area (Å²) in [6, 6.07) is 15.4. The quantitative estimate of drug-likeness (QED) is 0.442. The van der Waals surface area contributed by atoms with Crippen molar-refractivity contribution < 1.29 is 14.3 Å². The van der Waals surface area contributed by atoms with Gasteiger partial charge in [-0.3, -0.25) is 4.79 Å². The highest BCUT2D eigenvalue weighted by molar-refractivity contribution is 14.1. The summed E-state index contributed by atoms with van der Waals surface area (Å²) >= 11 is 2.16. The number of ether oxygens (including phenoxy) is 1. The Kier molecular flexibility index (Phi) is 5.21. The lowest BCUT2D eigenvalue weighted by Gasteiger charge is -2.18. The van der Waals surface area contributed by atoms with Gasteiger partial charge in [-0.15, -0.1) is 0 Å². The van der Waals surface area contributed by atoms with Crippen molar-refractivity contribution in [2.45, 2.75) is 13.3 Å². The average Bonchev–Trinajstić information content (AvgIpc) is 2.95. The van der Waals surface area contributed by atoms with Crippen LogP contribution >= 0.6 is 22.6 Å². The van der Waals surface area contributed by atoms with Gasteiger partial charge in [0.2, 0.25) is 0 Å². The molecule has 0 aliphatic carbocycles. The summed E-state index contributed by atoms with van der Waals surface area (Å²) in [6.07, 6.45) is 2.28. The highest BCUT2D eigenvalue weighted by Gasteiger charge is 2.28. The lowest BCUT2D eigenvalue weighted by molar-refractivity contribution is -0.136. The Bertz CT molecular complexity index is 1100. The van der Waals surface area contributed by atoms with Gasteiger partial charge in [-0.25, -0.2) is 4.79 Å². The summed E-state index contributed by atoms with van der Waals surface area (Å²) in [5.74, 6) is -0.556. The molecule has 0 atom stereocenters. The van der Waals surface area contributed by atoms with Gasteiger partial charge in [-0.05, 0) is 59.7 Å². The fourth-order valence-electron chi connectivity index (χ4n) is 3.52. The topological polar surface area (TPSA) is 62.4 Å². The number of amides is 1. The third kappa shape index (κ3) is 3.32. The van der Waals surface area contributed by atoms with Crippen molar-refractivity contribution in [3.8, 4) is 0 Å². The number of H-pyrrole nitrogens is 1. The average molecular weight is 486 g/mol. The number of rotatable bonds is 3. The number of carbonyl (C=O) groups is 2. The second-order valence-corrected chi connectivity index (χ2v) is 7.68. The summed E-state index contributed by atoms with van der Waals surface area (Å²) in [5, 5.41) is 1.07. The molecule has 4 rings (SSSR count). The molecule has 0 radical (unpaired) electrons. The van der Waals surface area contributed by atoms with Gasteiger partial charge in [0.05, 0.1) is 23.4 Å². The predicted molar refractivity (Wildman–Crippen MR) is 117 cm³/mol. The third-order valence-electron chi connectivity index (χ3n) is 4.83. The van der Waals surface area contributed by atoms with Crippen LogP contribution in [0.15, 0.2) is 54.7 Å². The standard InChI is InChI=1S/C22H19IN2O3/c1-2-28-22(27)17-13-25(21(26)16-8-3-5-9-18(16)23)12-11-15-14-7-4-6-10-19(14)24-20(15)17/h3-10,13,24H,2,11-12H2,1H3. The van der Waals surface area contributed by atoms with Crippen LogP contribution in [0.2, 0.25) is 0 Å². The largest absolute Gasteiger partial charge is 0.462 e. The van der Waals surface area contributed by atoms with E-state index in [4.69, 9.17) is 4.74 Å². The number of benzene rings is 2. The lowest BCUT2D eigenvalue weighted by atomic mass is 10.0. The van der Waals surface area contributed by atoms with E-state index < -0.39 is 5.97 Å². The molecule has 0 bridgehead atoms. The Hall–Kier alpha value is -2.61. The van der Waals surface area contributed by atoms with Gasteiger partial charge >= 0.3 is 5.97 Å². The van der Waals surface area contributed by atoms with E-state index in [9.17, 15) is 9.59 Å². The van der Waals surface area contributed by atoms with Crippen LogP contribution in [0.4, 0.5) is 0 Å². The van der Waals surface area contributed by atoms with Crippen LogP contribution in [-0.4, -0.2) is 34.9 Å². The zero-order valence-electron chi connectivity index (χ0n) is 15.4. The Morgan fingerprint density at radius 1 is 1.14 bits per heavy atom. The summed E-state index contributed by atoms with van der Waals surface area (Å²) in [6.45, 7) is 2.54. The molecule has 6 heteroatoms. The Labute approximate surface area is 176 Å². The number of hydrogen-bond acceptors (Lipinski definition) is 3. The maximum atomic E-state index is 13.2. The van der Waals surface area contributed by atoms with Crippen molar-refractivity contribution >= 4 is 50.9 Å². The number of hydrogen-bond donors (Lipinski definition) is 1. The molecule has 0 unspecified atom stereocenters. The minimum absolute atomic E-state index is 0.124. The van der Waals surface area contributed by atoms with Gasteiger partial charge < -0.3 is 14.6 Å². The molecule has 142 valence electrons. The van der Waals surface area contributed by atoms with Gasteiger partial charge in [0.25, 0.3) is 5.91 Å². The smallest absolute Gasteiger partial charge is 0.341 e. The number of carbonyl (C=O) groups excluding carboxylic acids is 2. The van der Waals surface area contributed by atoms with Gasteiger partial charge in [0, 0.05) is 27.2 Å². The molecular weight excluding hydrogens is 467 g/mol. The van der Waals surface area contributed by atoms with Crippen LogP contribution < -0.4 is 0 Å². The second-order valence-electron chi connectivity index (χ2n) is 6.52. The highest BCUT2D eigenvalue weighted by Crippen LogP contribution is 2.32. The molecular formula is C22H19IN2O3. The highest BCUT2D eigenvalue weighted by atomic mass is 127. The van der Waals surface area contributed by atoms with Crippen molar-refractivity contribution in [1.82, 2.24) is 9.88 Å². The van der Waals surface area contributed by atoms with E-state index in [0.29, 0.717) is 24.1 Å². The molecule has 2 aromatic carbocycles. The first-order valence-corrected chi connectivity index (χ1v) is 10.2. The SMILES string of the molecule is CCOC(=O)C1=CN(C(=O)c2ccccc2I)CCc2c1[nH]c1ccccc21. The van der Waals surface area contributed by atoms with Gasteiger partial charge in [-0.1, -0.05) is 30.3 Å². The van der Waals surface area contributed by atoms with Crippen LogP contribution in [0.1, 0.15) is 28.5 Å². The number of aromatic nitrogens is 1. The number of aromatic amines is 1. The molecule has 0 saturated carbocycles. The van der Waals surface area contributed by atoms with Crippen LogP contribution in [0.3, 0.4) is 0 Å². The summed E-state index contributed by atoms with van der Waals surface area (Å²) < 4.78 is 6.16. The summed E-state index contributed by atoms with van der Waals surface area (Å²) in [7, 11) is 0. The Morgan fingerprint density at radius 3 is 2.68 bits per heavy atom. The van der Waals surface area contributed by atoms with Gasteiger partial charge in [0.15, 0.2) is 0 Å². The normalized spacial score (nSPS) is 13.6. The number of halogens is 1. The maximum Gasteiger partial charge on any atom is 0.341 e. The lowest BCUT2D eigenvalue weighted by Crippen LogP contribution is -2.28. The molecule has 1 amide bonds. The van der Waals surface area contributed by atoms with E-state index in [-0.39, 0.29) is 12.5 Å². The third-order valence-corrected chi connectivity index (χ3v) is 5.77. The molecule has 28 heavy (non-hydrogen) atoms. The van der Waals surface area contributed by atoms with Crippen molar-refractivity contribution in [3.05, 3.63) is 75.1 Å². The Balaban J connectivity index is 1.81. The monoisotopic (exact) mass is 486 g/mol. The van der Waals surface area contributed by atoms with E-state index in [1.807, 2.05) is 48.5 Å². The van der Waals surface area contributed by atoms with E-state index in [0.717, 1.165) is 25.7 Å². The van der Waals surface area contributed by atoms with Crippen molar-refractivity contribution in [2.75, 3.05) is 13.2 Å². The van der Waals surface area contributed by atoms with Crippen LogP contribution in [0, 0.1) is 3.57 Å². The van der Waals surface area contributed by atoms with E-state index >= 15 is 0 Å². The minimum Gasteiger partial charge on any atom is -0.462 e. The molecule has 0 fully saturated rings. The molecule has 1 N–H and O–H groups in total.